The zero-order chi connectivity index (χ0) is 14.2. The Morgan fingerprint density at radius 1 is 1.26 bits per heavy atom. The lowest BCUT2D eigenvalue weighted by Gasteiger charge is -2.11. The Morgan fingerprint density at radius 3 is 2.53 bits per heavy atom. The molecule has 2 aromatic heterocycles. The van der Waals surface area contributed by atoms with E-state index in [4.69, 9.17) is 12.2 Å². The summed E-state index contributed by atoms with van der Waals surface area (Å²) in [6, 6.07) is 1.93. The molecule has 19 heavy (non-hydrogen) atoms. The van der Waals surface area contributed by atoms with Gasteiger partial charge in [-0.05, 0) is 59.8 Å². The Morgan fingerprint density at radius 2 is 1.95 bits per heavy atom. The van der Waals surface area contributed by atoms with Crippen LogP contribution in [0, 0.1) is 4.64 Å². The molecule has 2 heterocycles. The lowest BCUT2D eigenvalue weighted by molar-refractivity contribution is 0.806. The molecule has 3 nitrogen and oxygen atoms in total. The average molecular weight is 468 g/mol. The highest BCUT2D eigenvalue weighted by Gasteiger charge is 2.13. The van der Waals surface area contributed by atoms with Gasteiger partial charge >= 0.3 is 0 Å². The van der Waals surface area contributed by atoms with Gasteiger partial charge < -0.3 is 4.98 Å². The van der Waals surface area contributed by atoms with E-state index < -0.39 is 0 Å². The van der Waals surface area contributed by atoms with Crippen LogP contribution in [0.4, 0.5) is 0 Å². The first-order valence-corrected chi connectivity index (χ1v) is 8.30. The van der Waals surface area contributed by atoms with Crippen molar-refractivity contribution in [2.24, 2.45) is 0 Å². The van der Waals surface area contributed by atoms with Crippen molar-refractivity contribution in [1.82, 2.24) is 15.0 Å². The fourth-order valence-electron chi connectivity index (χ4n) is 1.57. The molecule has 2 aromatic rings. The van der Waals surface area contributed by atoms with E-state index >= 15 is 0 Å². The Balaban J connectivity index is 2.66. The quantitative estimate of drug-likeness (QED) is 0.583. The lowest BCUT2D eigenvalue weighted by Crippen LogP contribution is -2.01. The minimum atomic E-state index is 0.312. The van der Waals surface area contributed by atoms with Crippen molar-refractivity contribution in [1.29, 1.82) is 0 Å². The highest BCUT2D eigenvalue weighted by atomic mass is 79.9. The fourth-order valence-corrected chi connectivity index (χ4v) is 3.60. The summed E-state index contributed by atoms with van der Waals surface area (Å²) in [7, 11) is 0. The fraction of sp³-hybridized carbons (Fsp3) is 0.250. The maximum atomic E-state index is 5.29. The molecule has 2 rings (SSSR count). The molecular formula is C12H10Br3N3S. The molecule has 1 N–H and O–H groups in total. The molecule has 0 aliphatic heterocycles. The van der Waals surface area contributed by atoms with Crippen LogP contribution in [0.5, 0.6) is 0 Å². The number of halogens is 3. The van der Waals surface area contributed by atoms with Gasteiger partial charge in [0.05, 0.1) is 4.47 Å². The van der Waals surface area contributed by atoms with Crippen molar-refractivity contribution >= 4 is 60.0 Å². The van der Waals surface area contributed by atoms with Crippen molar-refractivity contribution in [2.75, 3.05) is 0 Å². The van der Waals surface area contributed by atoms with Gasteiger partial charge in [-0.3, -0.25) is 4.98 Å². The third-order valence-corrected chi connectivity index (χ3v) is 4.90. The van der Waals surface area contributed by atoms with E-state index in [1.807, 2.05) is 6.07 Å². The number of H-pyrrole nitrogens is 1. The van der Waals surface area contributed by atoms with Crippen LogP contribution in [0.3, 0.4) is 0 Å². The minimum absolute atomic E-state index is 0.312. The molecule has 0 aromatic carbocycles. The number of aromatic amines is 1. The molecule has 0 atom stereocenters. The maximum Gasteiger partial charge on any atom is 0.159 e. The smallest absolute Gasteiger partial charge is 0.159 e. The Labute approximate surface area is 141 Å². The van der Waals surface area contributed by atoms with Crippen LogP contribution in [0.25, 0.3) is 11.5 Å². The van der Waals surface area contributed by atoms with Gasteiger partial charge in [-0.1, -0.05) is 26.1 Å². The minimum Gasteiger partial charge on any atom is -0.341 e. The summed E-state index contributed by atoms with van der Waals surface area (Å²) >= 11 is 15.6. The van der Waals surface area contributed by atoms with Gasteiger partial charge in [-0.2, -0.15) is 0 Å². The summed E-state index contributed by atoms with van der Waals surface area (Å²) < 4.78 is 3.14. The lowest BCUT2D eigenvalue weighted by atomic mass is 10.1. The van der Waals surface area contributed by atoms with Gasteiger partial charge in [0.1, 0.15) is 10.3 Å². The van der Waals surface area contributed by atoms with E-state index in [1.54, 1.807) is 6.20 Å². The second-order valence-corrected chi connectivity index (χ2v) is 7.21. The number of rotatable bonds is 2. The van der Waals surface area contributed by atoms with Crippen LogP contribution in [-0.2, 0) is 0 Å². The molecule has 0 bridgehead atoms. The van der Waals surface area contributed by atoms with E-state index in [0.29, 0.717) is 16.4 Å². The number of aromatic nitrogens is 3. The summed E-state index contributed by atoms with van der Waals surface area (Å²) in [5.74, 6) is 0.975. The molecule has 0 aliphatic rings. The summed E-state index contributed by atoms with van der Waals surface area (Å²) in [6.45, 7) is 4.19. The molecule has 100 valence electrons. The van der Waals surface area contributed by atoms with Gasteiger partial charge in [0.2, 0.25) is 0 Å². The molecule has 0 radical (unpaired) electrons. The molecular weight excluding hydrogens is 458 g/mol. The van der Waals surface area contributed by atoms with E-state index in [-0.39, 0.29) is 0 Å². The van der Waals surface area contributed by atoms with Gasteiger partial charge in [0.15, 0.2) is 5.82 Å². The van der Waals surface area contributed by atoms with Gasteiger partial charge in [-0.25, -0.2) is 4.98 Å². The summed E-state index contributed by atoms with van der Waals surface area (Å²) in [4.78, 5) is 12.0. The molecule has 0 spiro atoms. The van der Waals surface area contributed by atoms with Crippen LogP contribution in [-0.4, -0.2) is 15.0 Å². The predicted molar refractivity (Wildman–Crippen MR) is 89.8 cm³/mol. The molecule has 0 amide bonds. The summed E-state index contributed by atoms with van der Waals surface area (Å²) in [5.41, 5.74) is 1.76. The highest BCUT2D eigenvalue weighted by Crippen LogP contribution is 2.29. The van der Waals surface area contributed by atoms with Crippen LogP contribution in [0.1, 0.15) is 25.5 Å². The topological polar surface area (TPSA) is 41.6 Å². The number of pyridine rings is 1. The SMILES string of the molecule is CC(C)c1[nH]c(-c2ncc(Br)cc2Br)nc(=S)c1Br. The second-order valence-electron chi connectivity index (χ2n) is 4.26. The summed E-state index contributed by atoms with van der Waals surface area (Å²) in [5, 5.41) is 0. The molecule has 0 fully saturated rings. The van der Waals surface area contributed by atoms with Crippen molar-refractivity contribution in [2.45, 2.75) is 19.8 Å². The zero-order valence-corrected chi connectivity index (χ0v) is 15.7. The van der Waals surface area contributed by atoms with Crippen molar-refractivity contribution in [3.63, 3.8) is 0 Å². The number of hydrogen-bond donors (Lipinski definition) is 1. The van der Waals surface area contributed by atoms with Crippen LogP contribution >= 0.6 is 60.0 Å². The number of hydrogen-bond acceptors (Lipinski definition) is 3. The first kappa shape index (κ1) is 15.3. The Bertz CT molecular complexity index is 682. The van der Waals surface area contributed by atoms with E-state index in [9.17, 15) is 0 Å². The van der Waals surface area contributed by atoms with Crippen molar-refractivity contribution in [3.8, 4) is 11.5 Å². The first-order valence-electron chi connectivity index (χ1n) is 5.51. The zero-order valence-electron chi connectivity index (χ0n) is 10.2. The van der Waals surface area contributed by atoms with Crippen molar-refractivity contribution < 1.29 is 0 Å². The Hall–Kier alpha value is -0.110. The average Bonchev–Trinajstić information content (AvgIpc) is 2.32. The second kappa shape index (κ2) is 6.11. The standard InChI is InChI=1S/C12H10Br3N3S/c1-5(2)9-8(15)12(19)18-11(17-9)10-7(14)3-6(13)4-16-10/h3-5H,1-2H3,(H,17,18,19). The van der Waals surface area contributed by atoms with Gasteiger partial charge in [0.25, 0.3) is 0 Å². The molecule has 0 saturated carbocycles. The third-order valence-electron chi connectivity index (χ3n) is 2.50. The number of nitrogens with zero attached hydrogens (tertiary/aromatic N) is 2. The largest absolute Gasteiger partial charge is 0.341 e. The van der Waals surface area contributed by atoms with E-state index in [0.717, 1.165) is 24.8 Å². The van der Waals surface area contributed by atoms with Gasteiger partial charge in [0, 0.05) is 20.8 Å². The highest BCUT2D eigenvalue weighted by molar-refractivity contribution is 9.11. The van der Waals surface area contributed by atoms with E-state index in [2.05, 4.69) is 76.6 Å². The van der Waals surface area contributed by atoms with Crippen LogP contribution in [0.15, 0.2) is 25.7 Å². The van der Waals surface area contributed by atoms with Crippen LogP contribution in [0.2, 0.25) is 0 Å². The molecule has 0 aliphatic carbocycles. The monoisotopic (exact) mass is 465 g/mol. The maximum absolute atomic E-state index is 5.29. The van der Waals surface area contributed by atoms with Gasteiger partial charge in [-0.15, -0.1) is 0 Å². The Kier molecular flexibility index (Phi) is 4.92. The van der Waals surface area contributed by atoms with Crippen molar-refractivity contribution in [3.05, 3.63) is 36.0 Å². The van der Waals surface area contributed by atoms with Crippen LogP contribution < -0.4 is 0 Å². The summed E-state index contributed by atoms with van der Waals surface area (Å²) in [6.07, 6.45) is 1.73. The first-order chi connectivity index (χ1) is 8.90. The molecule has 0 saturated heterocycles. The van der Waals surface area contributed by atoms with E-state index in [1.165, 1.54) is 0 Å². The third kappa shape index (κ3) is 3.32. The predicted octanol–water partition coefficient (Wildman–Crippen LogP) is 5.61. The molecule has 7 heteroatoms. The number of nitrogens with one attached hydrogen (secondary N) is 1. The normalized spacial score (nSPS) is 11.1. The molecule has 0 unspecified atom stereocenters.